The molecule has 3 N–H and O–H groups in total. The van der Waals surface area contributed by atoms with Crippen LogP contribution < -0.4 is 10.5 Å². The third-order valence-electron chi connectivity index (χ3n) is 2.80. The zero-order chi connectivity index (χ0) is 14.5. The van der Waals surface area contributed by atoms with Crippen molar-refractivity contribution in [1.82, 2.24) is 4.72 Å². The molecule has 106 valence electrons. The van der Waals surface area contributed by atoms with Crippen molar-refractivity contribution in [2.45, 2.75) is 44.0 Å². The third-order valence-corrected chi connectivity index (χ3v) is 4.64. The van der Waals surface area contributed by atoms with Crippen LogP contribution in [0.25, 0.3) is 0 Å². The Labute approximate surface area is 120 Å². The average Bonchev–Trinajstić information content (AvgIpc) is 2.36. The summed E-state index contributed by atoms with van der Waals surface area (Å²) < 4.78 is 26.9. The molecule has 0 aliphatic carbocycles. The molecule has 0 bridgehead atoms. The Balaban J connectivity index is 2.79. The van der Waals surface area contributed by atoms with Crippen molar-refractivity contribution in [3.8, 4) is 0 Å². The van der Waals surface area contributed by atoms with Crippen LogP contribution in [0.15, 0.2) is 29.2 Å². The van der Waals surface area contributed by atoms with Crippen LogP contribution in [0.5, 0.6) is 0 Å². The molecule has 1 rings (SSSR count). The molecule has 0 fully saturated rings. The lowest BCUT2D eigenvalue weighted by Crippen LogP contribution is -2.32. The van der Waals surface area contributed by atoms with Crippen molar-refractivity contribution in [3.05, 3.63) is 29.8 Å². The molecule has 0 spiro atoms. The predicted molar refractivity (Wildman–Crippen MR) is 81.6 cm³/mol. The maximum absolute atomic E-state index is 12.1. The molecular weight excluding hydrogens is 280 g/mol. The zero-order valence-electron chi connectivity index (χ0n) is 11.2. The van der Waals surface area contributed by atoms with E-state index in [9.17, 15) is 8.42 Å². The number of sulfonamides is 1. The molecular formula is C13H20N2O2S2. The van der Waals surface area contributed by atoms with Crippen LogP contribution in [0.3, 0.4) is 0 Å². The Kier molecular flexibility index (Phi) is 5.90. The second-order valence-corrected chi connectivity index (χ2v) is 6.71. The van der Waals surface area contributed by atoms with Crippen molar-refractivity contribution >= 4 is 27.2 Å². The molecule has 0 aliphatic rings. The average molecular weight is 300 g/mol. The van der Waals surface area contributed by atoms with Crippen LogP contribution >= 0.6 is 12.2 Å². The quantitative estimate of drug-likeness (QED) is 0.757. The number of hydrogen-bond donors (Lipinski definition) is 2. The Hall–Kier alpha value is -0.980. The standard InChI is InChI=1S/C13H20N2O2S2/c1-3-4-5-10(2)15-19(16,17)12-8-6-11(7-9-12)13(14)18/h6-10,15H,3-5H2,1-2H3,(H2,14,18). The number of unbranched alkanes of at least 4 members (excludes halogenated alkanes) is 1. The van der Waals surface area contributed by atoms with Gasteiger partial charge in [0.1, 0.15) is 4.99 Å². The zero-order valence-corrected chi connectivity index (χ0v) is 12.9. The first-order valence-corrected chi connectivity index (χ1v) is 8.18. The van der Waals surface area contributed by atoms with Gasteiger partial charge in [-0.25, -0.2) is 13.1 Å². The lowest BCUT2D eigenvalue weighted by atomic mass is 10.2. The molecule has 1 aromatic rings. The summed E-state index contributed by atoms with van der Waals surface area (Å²) in [5, 5.41) is 0. The van der Waals surface area contributed by atoms with Crippen LogP contribution in [-0.2, 0) is 10.0 Å². The third kappa shape index (κ3) is 4.89. The summed E-state index contributed by atoms with van der Waals surface area (Å²) in [6.07, 6.45) is 2.89. The van der Waals surface area contributed by atoms with E-state index >= 15 is 0 Å². The smallest absolute Gasteiger partial charge is 0.240 e. The highest BCUT2D eigenvalue weighted by Gasteiger charge is 2.16. The van der Waals surface area contributed by atoms with Gasteiger partial charge in [0, 0.05) is 11.6 Å². The van der Waals surface area contributed by atoms with Crippen molar-refractivity contribution in [1.29, 1.82) is 0 Å². The molecule has 0 saturated carbocycles. The van der Waals surface area contributed by atoms with Gasteiger partial charge in [0.05, 0.1) is 4.90 Å². The van der Waals surface area contributed by atoms with E-state index in [0.29, 0.717) is 5.56 Å². The first-order chi connectivity index (χ1) is 8.86. The number of nitrogens with one attached hydrogen (secondary N) is 1. The molecule has 0 aromatic heterocycles. The van der Waals surface area contributed by atoms with Crippen molar-refractivity contribution in [2.75, 3.05) is 0 Å². The highest BCUT2D eigenvalue weighted by molar-refractivity contribution is 7.89. The highest BCUT2D eigenvalue weighted by Crippen LogP contribution is 2.12. The first-order valence-electron chi connectivity index (χ1n) is 6.29. The molecule has 19 heavy (non-hydrogen) atoms. The fourth-order valence-electron chi connectivity index (χ4n) is 1.70. The van der Waals surface area contributed by atoms with Crippen LogP contribution in [0.2, 0.25) is 0 Å². The van der Waals surface area contributed by atoms with E-state index in [2.05, 4.69) is 11.6 Å². The molecule has 0 aliphatic heterocycles. The topological polar surface area (TPSA) is 72.2 Å². The van der Waals surface area contributed by atoms with Gasteiger partial charge in [-0.3, -0.25) is 0 Å². The normalized spacial score (nSPS) is 13.2. The maximum atomic E-state index is 12.1. The summed E-state index contributed by atoms with van der Waals surface area (Å²) in [4.78, 5) is 0.490. The largest absolute Gasteiger partial charge is 0.389 e. The minimum Gasteiger partial charge on any atom is -0.389 e. The Morgan fingerprint density at radius 3 is 2.42 bits per heavy atom. The van der Waals surface area contributed by atoms with Crippen molar-refractivity contribution < 1.29 is 8.42 Å². The second-order valence-electron chi connectivity index (χ2n) is 4.55. The van der Waals surface area contributed by atoms with Gasteiger partial charge in [-0.2, -0.15) is 0 Å². The lowest BCUT2D eigenvalue weighted by molar-refractivity contribution is 0.534. The molecule has 0 heterocycles. The van der Waals surface area contributed by atoms with E-state index in [1.165, 1.54) is 12.1 Å². The van der Waals surface area contributed by atoms with Crippen LogP contribution in [0.4, 0.5) is 0 Å². The Morgan fingerprint density at radius 2 is 1.95 bits per heavy atom. The summed E-state index contributed by atoms with van der Waals surface area (Å²) in [6, 6.07) is 6.20. The molecule has 1 atom stereocenters. The van der Waals surface area contributed by atoms with Gasteiger partial charge in [0.15, 0.2) is 0 Å². The SMILES string of the molecule is CCCCC(C)NS(=O)(=O)c1ccc(C(N)=S)cc1. The monoisotopic (exact) mass is 300 g/mol. The number of benzene rings is 1. The molecule has 1 unspecified atom stereocenters. The van der Waals surface area contributed by atoms with E-state index in [0.717, 1.165) is 19.3 Å². The van der Waals surface area contributed by atoms with Crippen LogP contribution in [0.1, 0.15) is 38.7 Å². The lowest BCUT2D eigenvalue weighted by Gasteiger charge is -2.14. The van der Waals surface area contributed by atoms with Crippen LogP contribution in [-0.4, -0.2) is 19.4 Å². The summed E-state index contributed by atoms with van der Waals surface area (Å²) in [5.41, 5.74) is 6.14. The fraction of sp³-hybridized carbons (Fsp3) is 0.462. The van der Waals surface area contributed by atoms with E-state index < -0.39 is 10.0 Å². The molecule has 4 nitrogen and oxygen atoms in total. The van der Waals surface area contributed by atoms with E-state index in [4.69, 9.17) is 18.0 Å². The van der Waals surface area contributed by atoms with Gasteiger partial charge in [0.25, 0.3) is 0 Å². The molecule has 0 saturated heterocycles. The number of rotatable bonds is 7. The van der Waals surface area contributed by atoms with E-state index in [1.54, 1.807) is 12.1 Å². The Morgan fingerprint density at radius 1 is 1.37 bits per heavy atom. The fourth-order valence-corrected chi connectivity index (χ4v) is 3.11. The van der Waals surface area contributed by atoms with Crippen molar-refractivity contribution in [2.24, 2.45) is 5.73 Å². The van der Waals surface area contributed by atoms with Crippen molar-refractivity contribution in [3.63, 3.8) is 0 Å². The highest BCUT2D eigenvalue weighted by atomic mass is 32.2. The van der Waals surface area contributed by atoms with Crippen LogP contribution in [0, 0.1) is 0 Å². The molecule has 6 heteroatoms. The first kappa shape index (κ1) is 16.1. The van der Waals surface area contributed by atoms with Gasteiger partial charge in [-0.15, -0.1) is 0 Å². The number of thiocarbonyl (C=S) groups is 1. The molecule has 0 radical (unpaired) electrons. The van der Waals surface area contributed by atoms with Gasteiger partial charge in [-0.05, 0) is 25.5 Å². The minimum atomic E-state index is -3.47. The van der Waals surface area contributed by atoms with E-state index in [-0.39, 0.29) is 15.9 Å². The van der Waals surface area contributed by atoms with Gasteiger partial charge in [0.2, 0.25) is 10.0 Å². The number of hydrogen-bond acceptors (Lipinski definition) is 3. The maximum Gasteiger partial charge on any atom is 0.240 e. The summed E-state index contributed by atoms with van der Waals surface area (Å²) in [7, 11) is -3.47. The predicted octanol–water partition coefficient (Wildman–Crippen LogP) is 2.18. The van der Waals surface area contributed by atoms with Gasteiger partial charge < -0.3 is 5.73 Å². The Bertz CT molecular complexity index is 524. The van der Waals surface area contributed by atoms with Gasteiger partial charge in [-0.1, -0.05) is 44.1 Å². The van der Waals surface area contributed by atoms with Gasteiger partial charge >= 0.3 is 0 Å². The van der Waals surface area contributed by atoms with E-state index in [1.807, 2.05) is 6.92 Å². The summed E-state index contributed by atoms with van der Waals surface area (Å²) in [5.74, 6) is 0. The minimum absolute atomic E-state index is 0.0692. The number of nitrogens with two attached hydrogens (primary N) is 1. The summed E-state index contributed by atoms with van der Waals surface area (Å²) >= 11 is 4.83. The molecule has 1 aromatic carbocycles. The summed E-state index contributed by atoms with van der Waals surface area (Å²) in [6.45, 7) is 3.95. The second kappa shape index (κ2) is 6.98. The molecule has 0 amide bonds.